The molecule has 1 unspecified atom stereocenters. The smallest absolute Gasteiger partial charge is 0.341 e. The average molecular weight is 191 g/mol. The third-order valence-electron chi connectivity index (χ3n) is 1.69. The minimum Gasteiger partial charge on any atom is -0.462 e. The van der Waals surface area contributed by atoms with Crippen LogP contribution in [0.2, 0.25) is 0 Å². The first-order valence-corrected chi connectivity index (χ1v) is 6.06. The molecule has 0 aromatic rings. The maximum Gasteiger partial charge on any atom is 0.341 e. The lowest BCUT2D eigenvalue weighted by Gasteiger charge is -2.23. The van der Waals surface area contributed by atoms with Gasteiger partial charge in [-0.3, -0.25) is 4.67 Å². The third kappa shape index (κ3) is 3.51. The lowest BCUT2D eigenvalue weighted by molar-refractivity contribution is 0.178. The summed E-state index contributed by atoms with van der Waals surface area (Å²) in [6, 6.07) is 0. The molecule has 0 aliphatic rings. The molecule has 0 aromatic carbocycles. The molecular formula is C8H18NO2P. The first-order valence-electron chi connectivity index (χ1n) is 4.32. The standard InChI is InChI=1S/C8H18NO2P/c1-5-9(6-2)12(4)8(10)11-7-3/h5-7H2,1-4H3. The molecule has 0 N–H and O–H groups in total. The van der Waals surface area contributed by atoms with Crippen molar-refractivity contribution in [1.29, 1.82) is 0 Å². The van der Waals surface area contributed by atoms with E-state index in [1.54, 1.807) is 0 Å². The number of carbonyl (C=O) groups excluding carboxylic acids is 1. The highest BCUT2D eigenvalue weighted by atomic mass is 31.1. The molecule has 0 heterocycles. The first-order chi connectivity index (χ1) is 5.67. The summed E-state index contributed by atoms with van der Waals surface area (Å²) < 4.78 is 7.07. The molecule has 0 aliphatic carbocycles. The Morgan fingerprint density at radius 1 is 1.33 bits per heavy atom. The highest BCUT2D eigenvalue weighted by Crippen LogP contribution is 2.37. The van der Waals surface area contributed by atoms with Gasteiger partial charge in [-0.25, -0.2) is 4.79 Å². The maximum atomic E-state index is 11.3. The molecule has 72 valence electrons. The molecule has 0 bridgehead atoms. The molecule has 0 saturated carbocycles. The number of hydrogen-bond acceptors (Lipinski definition) is 3. The molecule has 0 radical (unpaired) electrons. The lowest BCUT2D eigenvalue weighted by Crippen LogP contribution is -2.20. The molecule has 0 aromatic heterocycles. The summed E-state index contributed by atoms with van der Waals surface area (Å²) in [4.78, 5) is 11.3. The van der Waals surface area contributed by atoms with E-state index in [0.717, 1.165) is 13.1 Å². The van der Waals surface area contributed by atoms with Crippen LogP contribution in [0.3, 0.4) is 0 Å². The van der Waals surface area contributed by atoms with E-state index in [2.05, 4.69) is 18.5 Å². The van der Waals surface area contributed by atoms with Crippen LogP contribution in [-0.2, 0) is 4.74 Å². The molecule has 0 amide bonds. The maximum absolute atomic E-state index is 11.3. The Kier molecular flexibility index (Phi) is 6.31. The lowest BCUT2D eigenvalue weighted by atomic mass is 10.7. The van der Waals surface area contributed by atoms with Crippen LogP contribution >= 0.6 is 8.07 Å². The van der Waals surface area contributed by atoms with E-state index in [1.165, 1.54) is 0 Å². The number of ether oxygens (including phenoxy) is 1. The van der Waals surface area contributed by atoms with Gasteiger partial charge in [0.2, 0.25) is 0 Å². The summed E-state index contributed by atoms with van der Waals surface area (Å²) in [7, 11) is -0.739. The van der Waals surface area contributed by atoms with Crippen molar-refractivity contribution in [2.75, 3.05) is 26.4 Å². The summed E-state index contributed by atoms with van der Waals surface area (Å²) in [5.41, 5.74) is -0.0591. The SMILES string of the molecule is CCOC(=O)P(C)N(CC)CC. The molecule has 0 saturated heterocycles. The van der Waals surface area contributed by atoms with Gasteiger partial charge in [-0.05, 0) is 26.7 Å². The van der Waals surface area contributed by atoms with E-state index in [1.807, 2.05) is 13.6 Å². The van der Waals surface area contributed by atoms with Crippen LogP contribution in [0.1, 0.15) is 20.8 Å². The van der Waals surface area contributed by atoms with Crippen molar-refractivity contribution in [3.63, 3.8) is 0 Å². The molecule has 3 nitrogen and oxygen atoms in total. The van der Waals surface area contributed by atoms with E-state index in [9.17, 15) is 4.79 Å². The van der Waals surface area contributed by atoms with Gasteiger partial charge in [0.1, 0.15) is 0 Å². The highest BCUT2D eigenvalue weighted by Gasteiger charge is 2.19. The van der Waals surface area contributed by atoms with Crippen LogP contribution < -0.4 is 0 Å². The largest absolute Gasteiger partial charge is 0.462 e. The summed E-state index contributed by atoms with van der Waals surface area (Å²) in [5, 5.41) is 0. The van der Waals surface area contributed by atoms with Crippen molar-refractivity contribution in [3.05, 3.63) is 0 Å². The van der Waals surface area contributed by atoms with Gasteiger partial charge in [-0.15, -0.1) is 0 Å². The van der Waals surface area contributed by atoms with Crippen molar-refractivity contribution in [2.45, 2.75) is 20.8 Å². The number of nitrogens with zero attached hydrogens (tertiary/aromatic N) is 1. The Balaban J connectivity index is 3.96. The number of rotatable bonds is 5. The second-order valence-corrected chi connectivity index (χ2v) is 4.34. The van der Waals surface area contributed by atoms with Crippen LogP contribution in [0.15, 0.2) is 0 Å². The fourth-order valence-electron chi connectivity index (χ4n) is 0.980. The summed E-state index contributed by atoms with van der Waals surface area (Å²) in [6.07, 6.45) is 0. The molecule has 0 aliphatic heterocycles. The Morgan fingerprint density at radius 2 is 1.83 bits per heavy atom. The van der Waals surface area contributed by atoms with E-state index in [0.29, 0.717) is 6.61 Å². The normalized spacial score (nSPS) is 13.1. The molecule has 4 heteroatoms. The molecule has 0 rings (SSSR count). The Hall–Kier alpha value is -0.140. The van der Waals surface area contributed by atoms with Gasteiger partial charge in [0.15, 0.2) is 0 Å². The predicted molar refractivity (Wildman–Crippen MR) is 52.8 cm³/mol. The Morgan fingerprint density at radius 3 is 2.17 bits per heavy atom. The summed E-state index contributed by atoms with van der Waals surface area (Å²) >= 11 is 0. The first kappa shape index (κ1) is 11.9. The van der Waals surface area contributed by atoms with Gasteiger partial charge in [-0.1, -0.05) is 13.8 Å². The quantitative estimate of drug-likeness (QED) is 0.625. The zero-order valence-corrected chi connectivity index (χ0v) is 9.23. The molecule has 0 fully saturated rings. The van der Waals surface area contributed by atoms with Crippen LogP contribution in [0, 0.1) is 0 Å². The third-order valence-corrected chi connectivity index (χ3v) is 3.76. The molecule has 1 atom stereocenters. The average Bonchev–Trinajstić information content (AvgIpc) is 2.07. The van der Waals surface area contributed by atoms with Crippen LogP contribution in [0.5, 0.6) is 0 Å². The number of carbonyl (C=O) groups is 1. The van der Waals surface area contributed by atoms with E-state index < -0.39 is 8.07 Å². The van der Waals surface area contributed by atoms with E-state index >= 15 is 0 Å². The minimum absolute atomic E-state index is 0.0591. The second-order valence-electron chi connectivity index (χ2n) is 2.36. The van der Waals surface area contributed by atoms with E-state index in [-0.39, 0.29) is 5.71 Å². The van der Waals surface area contributed by atoms with Crippen molar-refractivity contribution in [2.24, 2.45) is 0 Å². The van der Waals surface area contributed by atoms with Crippen molar-refractivity contribution in [3.8, 4) is 0 Å². The fraction of sp³-hybridized carbons (Fsp3) is 0.875. The Bertz CT molecular complexity index is 137. The summed E-state index contributed by atoms with van der Waals surface area (Å²) in [5.74, 6) is 0. The molecule has 0 spiro atoms. The van der Waals surface area contributed by atoms with Crippen LogP contribution in [0.25, 0.3) is 0 Å². The fourth-order valence-corrected chi connectivity index (χ4v) is 2.38. The molecule has 12 heavy (non-hydrogen) atoms. The Labute approximate surface area is 75.9 Å². The minimum atomic E-state index is -0.739. The van der Waals surface area contributed by atoms with Gasteiger partial charge in [-0.2, -0.15) is 0 Å². The topological polar surface area (TPSA) is 29.5 Å². The van der Waals surface area contributed by atoms with Gasteiger partial charge >= 0.3 is 5.71 Å². The van der Waals surface area contributed by atoms with Gasteiger partial charge < -0.3 is 4.74 Å². The van der Waals surface area contributed by atoms with Crippen molar-refractivity contribution < 1.29 is 9.53 Å². The second kappa shape index (κ2) is 6.38. The zero-order chi connectivity index (χ0) is 9.56. The highest BCUT2D eigenvalue weighted by molar-refractivity contribution is 7.71. The monoisotopic (exact) mass is 191 g/mol. The van der Waals surface area contributed by atoms with Crippen LogP contribution in [0.4, 0.5) is 4.79 Å². The van der Waals surface area contributed by atoms with Crippen molar-refractivity contribution >= 4 is 13.8 Å². The van der Waals surface area contributed by atoms with Gasteiger partial charge in [0, 0.05) is 0 Å². The molecular weight excluding hydrogens is 173 g/mol. The van der Waals surface area contributed by atoms with Crippen LogP contribution in [-0.4, -0.2) is 36.7 Å². The summed E-state index contributed by atoms with van der Waals surface area (Å²) in [6.45, 7) is 10.2. The number of hydrogen-bond donors (Lipinski definition) is 0. The van der Waals surface area contributed by atoms with Gasteiger partial charge in [0.05, 0.1) is 14.7 Å². The predicted octanol–water partition coefficient (Wildman–Crippen LogP) is 2.51. The van der Waals surface area contributed by atoms with Crippen molar-refractivity contribution in [1.82, 2.24) is 4.67 Å². The van der Waals surface area contributed by atoms with E-state index in [4.69, 9.17) is 4.74 Å². The zero-order valence-electron chi connectivity index (χ0n) is 8.33. The van der Waals surface area contributed by atoms with Gasteiger partial charge in [0.25, 0.3) is 0 Å².